The van der Waals surface area contributed by atoms with Gasteiger partial charge in [-0.15, -0.1) is 0 Å². The first kappa shape index (κ1) is 12.4. The van der Waals surface area contributed by atoms with E-state index in [9.17, 15) is 0 Å². The van der Waals surface area contributed by atoms with Crippen molar-refractivity contribution in [3.8, 4) is 0 Å². The molecule has 1 saturated heterocycles. The van der Waals surface area contributed by atoms with Gasteiger partial charge in [-0.05, 0) is 35.8 Å². The number of hydrogen-bond donors (Lipinski definition) is 1. The molecule has 0 spiro atoms. The molecule has 1 aromatic heterocycles. The van der Waals surface area contributed by atoms with Gasteiger partial charge in [-0.1, -0.05) is 0 Å². The Labute approximate surface area is 116 Å². The summed E-state index contributed by atoms with van der Waals surface area (Å²) >= 11 is 1.42. The Morgan fingerprint density at radius 1 is 1.11 bits per heavy atom. The Hall–Kier alpha value is -1.66. The molecule has 2 aromatic rings. The van der Waals surface area contributed by atoms with Crippen molar-refractivity contribution in [1.29, 1.82) is 0 Å². The Balaban J connectivity index is 1.56. The lowest BCUT2D eigenvalue weighted by molar-refractivity contribution is 0.245. The standard InChI is InChI=1S/C13H17N5S/c14-11-1-3-12(4-2-11)18-7-5-17(6-8-18)9-13-15-10-19-16-13/h1-4,10H,5-9,14H2. The van der Waals surface area contributed by atoms with Crippen LogP contribution in [0.4, 0.5) is 11.4 Å². The van der Waals surface area contributed by atoms with Crippen molar-refractivity contribution in [3.63, 3.8) is 0 Å². The molecule has 0 saturated carbocycles. The lowest BCUT2D eigenvalue weighted by Crippen LogP contribution is -2.46. The minimum Gasteiger partial charge on any atom is -0.399 e. The van der Waals surface area contributed by atoms with Gasteiger partial charge in [-0.25, -0.2) is 4.98 Å². The minimum absolute atomic E-state index is 0.817. The molecule has 0 atom stereocenters. The quantitative estimate of drug-likeness (QED) is 0.859. The van der Waals surface area contributed by atoms with Crippen molar-refractivity contribution in [2.45, 2.75) is 6.54 Å². The predicted octanol–water partition coefficient (Wildman–Crippen LogP) is 1.44. The third-order valence-electron chi connectivity index (χ3n) is 3.40. The van der Waals surface area contributed by atoms with Gasteiger partial charge in [0.25, 0.3) is 0 Å². The molecular weight excluding hydrogens is 258 g/mol. The molecule has 1 aliphatic rings. The van der Waals surface area contributed by atoms with Crippen molar-refractivity contribution in [3.05, 3.63) is 35.6 Å². The van der Waals surface area contributed by atoms with Crippen LogP contribution in [0.1, 0.15) is 5.82 Å². The van der Waals surface area contributed by atoms with Crippen molar-refractivity contribution in [2.24, 2.45) is 0 Å². The van der Waals surface area contributed by atoms with Gasteiger partial charge in [0.05, 0.1) is 6.54 Å². The van der Waals surface area contributed by atoms with Crippen molar-refractivity contribution < 1.29 is 0 Å². The lowest BCUT2D eigenvalue weighted by atomic mass is 10.2. The second-order valence-corrected chi connectivity index (χ2v) is 5.31. The predicted molar refractivity (Wildman–Crippen MR) is 78.3 cm³/mol. The number of hydrogen-bond acceptors (Lipinski definition) is 6. The summed E-state index contributed by atoms with van der Waals surface area (Å²) in [6.45, 7) is 5.02. The van der Waals surface area contributed by atoms with Gasteiger partial charge < -0.3 is 10.6 Å². The third-order valence-corrected chi connectivity index (χ3v) is 3.92. The maximum absolute atomic E-state index is 5.71. The number of rotatable bonds is 3. The number of nitrogens with two attached hydrogens (primary N) is 1. The van der Waals surface area contributed by atoms with Crippen LogP contribution < -0.4 is 10.6 Å². The molecule has 0 radical (unpaired) electrons. The summed E-state index contributed by atoms with van der Waals surface area (Å²) in [6.07, 6.45) is 0. The topological polar surface area (TPSA) is 58.3 Å². The van der Waals surface area contributed by atoms with E-state index in [1.165, 1.54) is 17.2 Å². The molecule has 6 heteroatoms. The summed E-state index contributed by atoms with van der Waals surface area (Å²) in [6, 6.07) is 8.10. The number of nitrogen functional groups attached to an aromatic ring is 1. The van der Waals surface area contributed by atoms with Crippen molar-refractivity contribution >= 4 is 22.9 Å². The van der Waals surface area contributed by atoms with Crippen LogP contribution >= 0.6 is 11.5 Å². The molecule has 2 N–H and O–H groups in total. The van der Waals surface area contributed by atoms with Crippen molar-refractivity contribution in [1.82, 2.24) is 14.3 Å². The van der Waals surface area contributed by atoms with E-state index >= 15 is 0 Å². The van der Waals surface area contributed by atoms with E-state index < -0.39 is 0 Å². The number of piperazine rings is 1. The zero-order valence-corrected chi connectivity index (χ0v) is 11.5. The average Bonchev–Trinajstić information content (AvgIpc) is 2.94. The van der Waals surface area contributed by atoms with Crippen LogP contribution in [0.5, 0.6) is 0 Å². The van der Waals surface area contributed by atoms with Gasteiger partial charge in [-0.3, -0.25) is 4.90 Å². The van der Waals surface area contributed by atoms with E-state index in [-0.39, 0.29) is 0 Å². The van der Waals surface area contributed by atoms with E-state index in [4.69, 9.17) is 5.73 Å². The Morgan fingerprint density at radius 2 is 1.84 bits per heavy atom. The van der Waals surface area contributed by atoms with Gasteiger partial charge in [0.2, 0.25) is 0 Å². The molecule has 100 valence electrons. The smallest absolute Gasteiger partial charge is 0.156 e. The summed E-state index contributed by atoms with van der Waals surface area (Å²) in [5.41, 5.74) is 9.57. The first-order chi connectivity index (χ1) is 9.31. The van der Waals surface area contributed by atoms with E-state index in [0.29, 0.717) is 0 Å². The monoisotopic (exact) mass is 275 g/mol. The molecule has 1 aliphatic heterocycles. The Kier molecular flexibility index (Phi) is 3.61. The maximum atomic E-state index is 5.71. The van der Waals surface area contributed by atoms with E-state index in [1.807, 2.05) is 12.1 Å². The van der Waals surface area contributed by atoms with Crippen LogP contribution in [0, 0.1) is 0 Å². The number of benzene rings is 1. The second-order valence-electron chi connectivity index (χ2n) is 4.70. The van der Waals surface area contributed by atoms with Crippen LogP contribution in [-0.2, 0) is 6.54 Å². The SMILES string of the molecule is Nc1ccc(N2CCN(Cc3ncsn3)CC2)cc1. The summed E-state index contributed by atoms with van der Waals surface area (Å²) in [7, 11) is 0. The highest BCUT2D eigenvalue weighted by Gasteiger charge is 2.18. The molecule has 3 rings (SSSR count). The van der Waals surface area contributed by atoms with Crippen LogP contribution in [0.25, 0.3) is 0 Å². The highest BCUT2D eigenvalue weighted by Crippen LogP contribution is 2.18. The first-order valence-electron chi connectivity index (χ1n) is 6.39. The van der Waals surface area contributed by atoms with E-state index in [2.05, 4.69) is 31.3 Å². The van der Waals surface area contributed by atoms with E-state index in [0.717, 1.165) is 44.2 Å². The second kappa shape index (κ2) is 5.54. The molecule has 0 aliphatic carbocycles. The fourth-order valence-corrected chi connectivity index (χ4v) is 2.75. The van der Waals surface area contributed by atoms with Crippen molar-refractivity contribution in [2.75, 3.05) is 36.8 Å². The number of anilines is 2. The van der Waals surface area contributed by atoms with Gasteiger partial charge >= 0.3 is 0 Å². The minimum atomic E-state index is 0.817. The maximum Gasteiger partial charge on any atom is 0.156 e. The normalized spacial score (nSPS) is 16.7. The van der Waals surface area contributed by atoms with E-state index in [1.54, 1.807) is 5.51 Å². The summed E-state index contributed by atoms with van der Waals surface area (Å²) < 4.78 is 4.26. The molecule has 1 fully saturated rings. The summed E-state index contributed by atoms with van der Waals surface area (Å²) in [5, 5.41) is 0. The molecule has 0 amide bonds. The van der Waals surface area contributed by atoms with Gasteiger partial charge in [0.15, 0.2) is 5.82 Å². The Bertz CT molecular complexity index is 502. The molecular formula is C13H17N5S. The molecule has 19 heavy (non-hydrogen) atoms. The molecule has 1 aromatic carbocycles. The first-order valence-corrected chi connectivity index (χ1v) is 7.23. The summed E-state index contributed by atoms with van der Waals surface area (Å²) in [5.74, 6) is 0.936. The third kappa shape index (κ3) is 3.02. The highest BCUT2D eigenvalue weighted by atomic mass is 32.1. The van der Waals surface area contributed by atoms with Crippen LogP contribution in [-0.4, -0.2) is 40.4 Å². The molecule has 2 heterocycles. The van der Waals surface area contributed by atoms with Gasteiger partial charge in [-0.2, -0.15) is 4.37 Å². The average molecular weight is 275 g/mol. The fourth-order valence-electron chi connectivity index (χ4n) is 2.31. The Morgan fingerprint density at radius 3 is 2.47 bits per heavy atom. The van der Waals surface area contributed by atoms with Crippen LogP contribution in [0.2, 0.25) is 0 Å². The van der Waals surface area contributed by atoms with Crippen LogP contribution in [0.3, 0.4) is 0 Å². The lowest BCUT2D eigenvalue weighted by Gasteiger charge is -2.35. The van der Waals surface area contributed by atoms with Crippen LogP contribution in [0.15, 0.2) is 29.8 Å². The molecule has 5 nitrogen and oxygen atoms in total. The zero-order valence-electron chi connectivity index (χ0n) is 10.7. The number of aromatic nitrogens is 2. The largest absolute Gasteiger partial charge is 0.399 e. The summed E-state index contributed by atoms with van der Waals surface area (Å²) in [4.78, 5) is 9.03. The fraction of sp³-hybridized carbons (Fsp3) is 0.385. The van der Waals surface area contributed by atoms with Gasteiger partial charge in [0.1, 0.15) is 5.51 Å². The number of nitrogens with zero attached hydrogens (tertiary/aromatic N) is 4. The van der Waals surface area contributed by atoms with Gasteiger partial charge in [0, 0.05) is 37.6 Å². The molecule has 0 unspecified atom stereocenters. The molecule has 0 bridgehead atoms. The zero-order chi connectivity index (χ0) is 13.1. The highest BCUT2D eigenvalue weighted by molar-refractivity contribution is 7.03.